The fraction of sp³-hybridized carbons (Fsp3) is 0.640. The fourth-order valence-electron chi connectivity index (χ4n) is 4.42. The number of hydrogen-bond donors (Lipinski definition) is 1. The molecule has 33 heavy (non-hydrogen) atoms. The van der Waals surface area contributed by atoms with Crippen molar-refractivity contribution < 1.29 is 23.1 Å². The Bertz CT molecular complexity index is 1010. The number of ether oxygens (including phenoxy) is 1. The van der Waals surface area contributed by atoms with Crippen molar-refractivity contribution in [2.45, 2.75) is 69.9 Å². The molecule has 3 rings (SSSR count). The van der Waals surface area contributed by atoms with Gasteiger partial charge in [-0.1, -0.05) is 38.5 Å². The summed E-state index contributed by atoms with van der Waals surface area (Å²) in [5.74, 6) is 6.94. The average molecular weight is 477 g/mol. The number of fused-ring (bicyclic) bond motifs is 1. The molecule has 0 radical (unpaired) electrons. The number of aliphatic hydroxyl groups is 1. The van der Waals surface area contributed by atoms with Gasteiger partial charge in [-0.2, -0.15) is 4.31 Å². The number of likely N-dealkylation sites (N-methyl/N-ethyl adjacent to an activating group) is 1. The number of benzene rings is 1. The molecule has 7 nitrogen and oxygen atoms in total. The van der Waals surface area contributed by atoms with Crippen LogP contribution >= 0.6 is 0 Å². The predicted octanol–water partition coefficient (Wildman–Crippen LogP) is 2.87. The Morgan fingerprint density at radius 1 is 1.33 bits per heavy atom. The molecule has 0 saturated heterocycles. The van der Waals surface area contributed by atoms with Crippen molar-refractivity contribution in [1.29, 1.82) is 0 Å². The Labute approximate surface area is 198 Å². The Morgan fingerprint density at radius 3 is 2.67 bits per heavy atom. The molecule has 0 spiro atoms. The summed E-state index contributed by atoms with van der Waals surface area (Å²) in [4.78, 5) is 13.9. The summed E-state index contributed by atoms with van der Waals surface area (Å²) in [7, 11) is -2.16. The smallest absolute Gasteiger partial charge is 0.247 e. The van der Waals surface area contributed by atoms with E-state index in [1.807, 2.05) is 13.8 Å². The number of amides is 1. The van der Waals surface area contributed by atoms with Crippen molar-refractivity contribution in [3.63, 3.8) is 0 Å². The van der Waals surface area contributed by atoms with Gasteiger partial charge in [0.25, 0.3) is 0 Å². The first kappa shape index (κ1) is 25.5. The summed E-state index contributed by atoms with van der Waals surface area (Å²) in [5, 5.41) is 9.74. The molecule has 1 saturated carbocycles. The van der Waals surface area contributed by atoms with Gasteiger partial charge in [0.1, 0.15) is 16.7 Å². The number of rotatable bonds is 5. The van der Waals surface area contributed by atoms with Gasteiger partial charge in [0.2, 0.25) is 15.9 Å². The molecule has 182 valence electrons. The molecule has 0 unspecified atom stereocenters. The van der Waals surface area contributed by atoms with Crippen LogP contribution in [-0.4, -0.2) is 67.5 Å². The highest BCUT2D eigenvalue weighted by atomic mass is 32.2. The zero-order valence-electron chi connectivity index (χ0n) is 20.1. The van der Waals surface area contributed by atoms with Gasteiger partial charge < -0.3 is 14.7 Å². The Balaban J connectivity index is 2.02. The summed E-state index contributed by atoms with van der Waals surface area (Å²) in [6.07, 6.45) is 4.59. The molecule has 2 aliphatic rings. The van der Waals surface area contributed by atoms with Gasteiger partial charge in [-0.15, -0.1) is 0 Å². The molecule has 1 aliphatic carbocycles. The van der Waals surface area contributed by atoms with Crippen molar-refractivity contribution in [1.82, 2.24) is 9.21 Å². The van der Waals surface area contributed by atoms with Crippen LogP contribution in [0.3, 0.4) is 0 Å². The van der Waals surface area contributed by atoms with E-state index in [1.54, 1.807) is 37.1 Å². The fourth-order valence-corrected chi connectivity index (χ4v) is 6.24. The number of hydrogen-bond acceptors (Lipinski definition) is 5. The molecule has 8 heteroatoms. The Kier molecular flexibility index (Phi) is 8.43. The van der Waals surface area contributed by atoms with E-state index in [9.17, 15) is 18.3 Å². The monoisotopic (exact) mass is 476 g/mol. The standard InChI is InChI=1S/C25H36N2O5S/c1-5-25(29)26(4)16-23-18(2)15-27(19(3)17-28)33(30,31)24-13-12-21(14-22(24)32-23)11-10-20-8-6-7-9-20/h12-14,18-20,23,28H,5-9,15-17H2,1-4H3/t18-,19-,23-/m1/s1. The second kappa shape index (κ2) is 10.9. The topological polar surface area (TPSA) is 87.2 Å². The molecular weight excluding hydrogens is 440 g/mol. The zero-order chi connectivity index (χ0) is 24.2. The van der Waals surface area contributed by atoms with Gasteiger partial charge in [-0.3, -0.25) is 4.79 Å². The third-order valence-electron chi connectivity index (χ3n) is 6.62. The summed E-state index contributed by atoms with van der Waals surface area (Å²) < 4.78 is 34.7. The molecule has 1 fully saturated rings. The van der Waals surface area contributed by atoms with Crippen molar-refractivity contribution in [2.75, 3.05) is 26.7 Å². The van der Waals surface area contributed by atoms with Crippen LogP contribution < -0.4 is 4.74 Å². The second-order valence-electron chi connectivity index (χ2n) is 9.28. The van der Waals surface area contributed by atoms with Crippen molar-refractivity contribution in [3.8, 4) is 17.6 Å². The predicted molar refractivity (Wildman–Crippen MR) is 127 cm³/mol. The highest BCUT2D eigenvalue weighted by Gasteiger charge is 2.38. The molecule has 1 amide bonds. The third-order valence-corrected chi connectivity index (χ3v) is 8.64. The molecule has 1 aliphatic heterocycles. The van der Waals surface area contributed by atoms with Gasteiger partial charge in [0.05, 0.1) is 13.2 Å². The minimum absolute atomic E-state index is 0.00234. The minimum Gasteiger partial charge on any atom is -0.487 e. The van der Waals surface area contributed by atoms with Gasteiger partial charge in [-0.05, 0) is 38.0 Å². The van der Waals surface area contributed by atoms with Crippen LogP contribution in [0.25, 0.3) is 0 Å². The molecular formula is C25H36N2O5S. The molecule has 0 bridgehead atoms. The lowest BCUT2D eigenvalue weighted by Gasteiger charge is -2.37. The van der Waals surface area contributed by atoms with Crippen LogP contribution in [0.2, 0.25) is 0 Å². The Hall–Kier alpha value is -2.08. The molecule has 1 N–H and O–H groups in total. The normalized spacial score (nSPS) is 23.9. The van der Waals surface area contributed by atoms with Gasteiger partial charge in [-0.25, -0.2) is 8.42 Å². The molecule has 1 aromatic carbocycles. The highest BCUT2D eigenvalue weighted by Crippen LogP contribution is 2.34. The van der Waals surface area contributed by atoms with E-state index >= 15 is 0 Å². The van der Waals surface area contributed by atoms with E-state index in [2.05, 4.69) is 11.8 Å². The lowest BCUT2D eigenvalue weighted by molar-refractivity contribution is -0.131. The maximum atomic E-state index is 13.5. The number of nitrogens with zero attached hydrogens (tertiary/aromatic N) is 2. The summed E-state index contributed by atoms with van der Waals surface area (Å²) >= 11 is 0. The average Bonchev–Trinajstić information content (AvgIpc) is 3.32. The van der Waals surface area contributed by atoms with Crippen LogP contribution in [0, 0.1) is 23.7 Å². The van der Waals surface area contributed by atoms with E-state index in [1.165, 1.54) is 17.1 Å². The first-order valence-electron chi connectivity index (χ1n) is 11.9. The largest absolute Gasteiger partial charge is 0.487 e. The maximum Gasteiger partial charge on any atom is 0.247 e. The van der Waals surface area contributed by atoms with E-state index in [4.69, 9.17) is 4.74 Å². The van der Waals surface area contributed by atoms with Crippen molar-refractivity contribution in [3.05, 3.63) is 23.8 Å². The van der Waals surface area contributed by atoms with Crippen LogP contribution in [-0.2, 0) is 14.8 Å². The van der Waals surface area contributed by atoms with Crippen LogP contribution in [0.1, 0.15) is 58.4 Å². The molecule has 3 atom stereocenters. The zero-order valence-corrected chi connectivity index (χ0v) is 20.9. The van der Waals surface area contributed by atoms with Crippen molar-refractivity contribution in [2.24, 2.45) is 11.8 Å². The van der Waals surface area contributed by atoms with Crippen LogP contribution in [0.15, 0.2) is 23.1 Å². The van der Waals surface area contributed by atoms with E-state index in [0.717, 1.165) is 12.8 Å². The molecule has 0 aromatic heterocycles. The Morgan fingerprint density at radius 2 is 2.03 bits per heavy atom. The second-order valence-corrected chi connectivity index (χ2v) is 11.1. The third kappa shape index (κ3) is 5.89. The maximum absolute atomic E-state index is 13.5. The lowest BCUT2D eigenvalue weighted by Crippen LogP contribution is -2.50. The SMILES string of the molecule is CCC(=O)N(C)C[C@H]1Oc2cc(C#CC3CCCC3)ccc2S(=O)(=O)N([C@H](C)CO)C[C@H]1C. The minimum atomic E-state index is -3.89. The first-order valence-corrected chi connectivity index (χ1v) is 13.3. The highest BCUT2D eigenvalue weighted by molar-refractivity contribution is 7.89. The van der Waals surface area contributed by atoms with Gasteiger partial charge in [0, 0.05) is 43.5 Å². The number of carbonyl (C=O) groups is 1. The summed E-state index contributed by atoms with van der Waals surface area (Å²) in [6, 6.07) is 4.38. The number of carbonyl (C=O) groups excluding carboxylic acids is 1. The quantitative estimate of drug-likeness (QED) is 0.661. The molecule has 1 heterocycles. The van der Waals surface area contributed by atoms with E-state index < -0.39 is 22.2 Å². The van der Waals surface area contributed by atoms with Crippen LogP contribution in [0.5, 0.6) is 5.75 Å². The number of sulfonamides is 1. The summed E-state index contributed by atoms with van der Waals surface area (Å²) in [6.45, 7) is 5.65. The first-order chi connectivity index (χ1) is 15.7. The van der Waals surface area contributed by atoms with Crippen molar-refractivity contribution >= 4 is 15.9 Å². The van der Waals surface area contributed by atoms with E-state index in [0.29, 0.717) is 24.4 Å². The lowest BCUT2D eigenvalue weighted by atomic mass is 10.0. The van der Waals surface area contributed by atoms with Crippen LogP contribution in [0.4, 0.5) is 0 Å². The molecule has 1 aromatic rings. The summed E-state index contributed by atoms with van der Waals surface area (Å²) in [5.41, 5.74) is 0.711. The van der Waals surface area contributed by atoms with Gasteiger partial charge in [0.15, 0.2) is 0 Å². The number of aliphatic hydroxyl groups excluding tert-OH is 1. The van der Waals surface area contributed by atoms with Gasteiger partial charge >= 0.3 is 0 Å². The van der Waals surface area contributed by atoms with E-state index in [-0.39, 0.29) is 35.6 Å².